The third-order valence-corrected chi connectivity index (χ3v) is 13.1. The first kappa shape index (κ1) is 59.1. The van der Waals surface area contributed by atoms with Crippen LogP contribution < -0.4 is 10.6 Å². The van der Waals surface area contributed by atoms with Crippen LogP contribution in [0, 0.1) is 0 Å². The van der Waals surface area contributed by atoms with Crippen LogP contribution in [-0.4, -0.2) is 323 Å². The molecule has 0 radical (unpaired) electrons. The van der Waals surface area contributed by atoms with Crippen molar-refractivity contribution in [3.63, 3.8) is 0 Å². The molecule has 0 unspecified atom stereocenters. The van der Waals surface area contributed by atoms with Gasteiger partial charge in [-0.1, -0.05) is 0 Å². The molecule has 0 bridgehead atoms. The molecule has 6 heterocycles. The van der Waals surface area contributed by atoms with Crippen molar-refractivity contribution in [1.29, 1.82) is 0 Å². The molecule has 0 aliphatic carbocycles. The van der Waals surface area contributed by atoms with Crippen LogP contribution in [0.25, 0.3) is 0 Å². The van der Waals surface area contributed by atoms with Gasteiger partial charge in [0, 0.05) is 13.8 Å². The van der Waals surface area contributed by atoms with Crippen LogP contribution in [0.3, 0.4) is 0 Å². The molecule has 0 aromatic heterocycles. The zero-order chi connectivity index (χ0) is 53.0. The minimum absolute atomic E-state index is 0.253. The number of carbonyl (C=O) groups excluding carboxylic acids is 2. The third kappa shape index (κ3) is 12.8. The number of carbonyl (C=O) groups is 2. The fourth-order valence-corrected chi connectivity index (χ4v) is 9.16. The summed E-state index contributed by atoms with van der Waals surface area (Å²) in [5, 5.41) is 187. The highest BCUT2D eigenvalue weighted by Gasteiger charge is 2.57. The Bertz CT molecular complexity index is 1710. The Balaban J connectivity index is 1.26. The highest BCUT2D eigenvalue weighted by Crippen LogP contribution is 2.36. The van der Waals surface area contributed by atoms with Gasteiger partial charge in [0.05, 0.1) is 52.3 Å². The predicted octanol–water partition coefficient (Wildman–Crippen LogP) is -13.1. The number of rotatable bonds is 18. The molecule has 6 fully saturated rings. The summed E-state index contributed by atoms with van der Waals surface area (Å²) in [5.74, 6) is -1.35. The summed E-state index contributed by atoms with van der Waals surface area (Å²) in [7, 11) is 0. The van der Waals surface area contributed by atoms with E-state index in [4.69, 9.17) is 52.1 Å². The fourth-order valence-electron chi connectivity index (χ4n) is 9.16. The lowest BCUT2D eigenvalue weighted by Gasteiger charge is -2.50. The largest absolute Gasteiger partial charge is 0.394 e. The van der Waals surface area contributed by atoms with Gasteiger partial charge in [-0.2, -0.15) is 0 Å². The van der Waals surface area contributed by atoms with Gasteiger partial charge in [0.15, 0.2) is 31.5 Å². The second-order valence-corrected chi connectivity index (χ2v) is 18.2. The number of hydrogen-bond acceptors (Lipinski definition) is 30. The Labute approximate surface area is 408 Å². The quantitative estimate of drug-likeness (QED) is 0.0606. The molecule has 6 aliphatic heterocycles. The Kier molecular flexibility index (Phi) is 21.1. The molecule has 6 saturated heterocycles. The van der Waals surface area contributed by atoms with E-state index >= 15 is 0 Å². The molecule has 418 valence electrons. The Morgan fingerprint density at radius 3 is 1.29 bits per heavy atom. The molecule has 72 heavy (non-hydrogen) atoms. The fraction of sp³-hybridized carbons (Fsp3) is 0.950. The average Bonchev–Trinajstić information content (AvgIpc) is 3.35. The monoisotopic (exact) mass is 1060 g/mol. The van der Waals surface area contributed by atoms with E-state index in [9.17, 15) is 96.4 Å². The van der Waals surface area contributed by atoms with Gasteiger partial charge in [-0.15, -0.1) is 0 Å². The Morgan fingerprint density at radius 2 is 0.792 bits per heavy atom. The van der Waals surface area contributed by atoms with Crippen LogP contribution in [0.5, 0.6) is 0 Å². The highest BCUT2D eigenvalue weighted by molar-refractivity contribution is 5.73. The van der Waals surface area contributed by atoms with E-state index in [2.05, 4.69) is 10.6 Å². The molecule has 32 heteroatoms. The number of aliphatic hydroxyl groups excluding tert-OH is 17. The summed E-state index contributed by atoms with van der Waals surface area (Å²) < 4.78 is 62.9. The van der Waals surface area contributed by atoms with Gasteiger partial charge in [-0.3, -0.25) is 9.59 Å². The van der Waals surface area contributed by atoms with Gasteiger partial charge in [0.2, 0.25) is 11.8 Å². The number of aliphatic hydroxyl groups is 17. The van der Waals surface area contributed by atoms with Crippen LogP contribution in [-0.2, 0) is 61.7 Å². The molecular formula is C40H68N2O30. The van der Waals surface area contributed by atoms with Crippen molar-refractivity contribution in [3.05, 3.63) is 0 Å². The minimum atomic E-state index is -2.24. The summed E-state index contributed by atoms with van der Waals surface area (Å²) in [5.41, 5.74) is 0. The van der Waals surface area contributed by atoms with Gasteiger partial charge < -0.3 is 150 Å². The van der Waals surface area contributed by atoms with Gasteiger partial charge in [-0.05, 0) is 0 Å². The topological polar surface area (TPSA) is 504 Å². The molecule has 19 N–H and O–H groups in total. The third-order valence-electron chi connectivity index (χ3n) is 13.1. The molecule has 29 atom stereocenters. The van der Waals surface area contributed by atoms with Crippen molar-refractivity contribution in [2.75, 3.05) is 46.2 Å². The van der Waals surface area contributed by atoms with E-state index in [1.165, 1.54) is 6.92 Å². The first-order chi connectivity index (χ1) is 34.1. The molecule has 0 aromatic carbocycles. The summed E-state index contributed by atoms with van der Waals surface area (Å²) in [4.78, 5) is 24.4. The minimum Gasteiger partial charge on any atom is -0.394 e. The normalized spacial score (nSPS) is 49.2. The maximum Gasteiger partial charge on any atom is 0.217 e. The lowest BCUT2D eigenvalue weighted by atomic mass is 9.94. The van der Waals surface area contributed by atoms with Crippen LogP contribution in [0.2, 0.25) is 0 Å². The lowest BCUT2D eigenvalue weighted by Crippen LogP contribution is -2.70. The van der Waals surface area contributed by atoms with Crippen molar-refractivity contribution in [2.45, 2.75) is 192 Å². The van der Waals surface area contributed by atoms with E-state index in [0.29, 0.717) is 0 Å². The van der Waals surface area contributed by atoms with E-state index in [1.807, 2.05) is 0 Å². The molecule has 2 amide bonds. The van der Waals surface area contributed by atoms with Crippen molar-refractivity contribution in [1.82, 2.24) is 10.6 Å². The maximum absolute atomic E-state index is 12.5. The molecular weight excluding hydrogens is 988 g/mol. The predicted molar refractivity (Wildman–Crippen MR) is 221 cm³/mol. The lowest BCUT2D eigenvalue weighted by molar-refractivity contribution is -0.385. The zero-order valence-electron chi connectivity index (χ0n) is 38.6. The first-order valence-corrected chi connectivity index (χ1v) is 23.0. The highest BCUT2D eigenvalue weighted by atomic mass is 16.8. The number of nitrogens with one attached hydrogen (secondary N) is 2. The van der Waals surface area contributed by atoms with E-state index in [0.717, 1.165) is 6.92 Å². The molecule has 6 aliphatic rings. The number of ether oxygens (including phenoxy) is 11. The van der Waals surface area contributed by atoms with Gasteiger partial charge >= 0.3 is 0 Å². The standard InChI is InChI=1S/C40H68N2O30/c1-10(48)41-12-8-62-16(6-46)32(20(12)50)69-36-19(42-11(2)49)25(55)33(17(7-47)67-36)70-40-31(61)35(72-39-29(59)27(57)22(52)14(4-44)66-39)24(54)18(68-40)9-63-37-30(60)34(23(53)15(5-45)64-37)71-38-28(58)26(56)21(51)13(3-43)65-38/h12-40,43-47,50-61H,3-9H2,1-2H3,(H,41,48)(H,42,49)/t12-,13+,14+,15+,16+,17+,18+,19+,20+,21+,22+,23+,24+,25+,26-,27-,28-,29-,30-,31-,32+,33+,34-,35-,36-,37-,38+,39+,40-/m0/s1. The van der Waals surface area contributed by atoms with Crippen molar-refractivity contribution in [2.24, 2.45) is 0 Å². The first-order valence-electron chi connectivity index (χ1n) is 23.0. The smallest absolute Gasteiger partial charge is 0.217 e. The molecule has 0 aromatic rings. The SMILES string of the molecule is CC(=O)N[C@H]1[C@H](O[C@H]2[C@H](O)[C@@H](NC(C)=O)CO[C@@H]2CO)O[C@H](CO)[C@@H](O[C@@H]2O[C@H](CO[C@H]3O[C@H](CO)[C@@H](O)[C@H](O[C@H]4O[C@H](CO)[C@@H](O)[C@H](O)[C@@H]4O)[C@@H]3O)[C@@H](O)[C@H](O[C@H]3O[C@H](CO)[C@@H](O)[C@H](O)[C@@H]3O)[C@@H]2O)[C@@H]1O. The van der Waals surface area contributed by atoms with E-state index < -0.39 is 229 Å². The van der Waals surface area contributed by atoms with Crippen LogP contribution in [0.15, 0.2) is 0 Å². The number of amides is 2. The van der Waals surface area contributed by atoms with E-state index in [1.54, 1.807) is 0 Å². The van der Waals surface area contributed by atoms with Gasteiger partial charge in [0.1, 0.15) is 140 Å². The van der Waals surface area contributed by atoms with Gasteiger partial charge in [0.25, 0.3) is 0 Å². The Hall–Kier alpha value is -2.18. The molecule has 0 spiro atoms. The van der Waals surface area contributed by atoms with Gasteiger partial charge in [-0.25, -0.2) is 0 Å². The zero-order valence-corrected chi connectivity index (χ0v) is 38.6. The average molecular weight is 1060 g/mol. The van der Waals surface area contributed by atoms with E-state index in [-0.39, 0.29) is 6.61 Å². The molecule has 6 rings (SSSR count). The molecule has 0 saturated carbocycles. The second kappa shape index (κ2) is 25.8. The van der Waals surface area contributed by atoms with Crippen molar-refractivity contribution in [3.8, 4) is 0 Å². The second-order valence-electron chi connectivity index (χ2n) is 18.2. The summed E-state index contributed by atoms with van der Waals surface area (Å²) in [6, 6.07) is -2.74. The number of hydrogen-bond donors (Lipinski definition) is 19. The van der Waals surface area contributed by atoms with Crippen LogP contribution in [0.1, 0.15) is 13.8 Å². The Morgan fingerprint density at radius 1 is 0.403 bits per heavy atom. The van der Waals surface area contributed by atoms with Crippen LogP contribution in [0.4, 0.5) is 0 Å². The summed E-state index contributed by atoms with van der Waals surface area (Å²) in [6.07, 6.45) is -50.3. The summed E-state index contributed by atoms with van der Waals surface area (Å²) in [6.45, 7) is -3.48. The summed E-state index contributed by atoms with van der Waals surface area (Å²) >= 11 is 0. The molecule has 32 nitrogen and oxygen atoms in total. The maximum atomic E-state index is 12.5. The van der Waals surface area contributed by atoms with Crippen LogP contribution >= 0.6 is 0 Å². The van der Waals surface area contributed by atoms with Crippen molar-refractivity contribution < 1.29 is 149 Å². The van der Waals surface area contributed by atoms with Crippen molar-refractivity contribution >= 4 is 11.8 Å².